The number of nitrogens with one attached hydrogen (secondary N) is 1. The molecular formula is C31H36F5N7O. The SMILES string of the molecule is C[C@@H]1CN(c2cc(F)c(-c3cnc(N4CCCN(C)CC4)nc3)cc2NC(=O)c2ccc(F)cc2C(F)(F)F)C[C@H](C)N1C. The van der Waals surface area contributed by atoms with Crippen LogP contribution < -0.4 is 15.1 Å². The van der Waals surface area contributed by atoms with Crippen molar-refractivity contribution in [3.8, 4) is 11.1 Å². The molecule has 0 unspecified atom stereocenters. The van der Waals surface area contributed by atoms with Gasteiger partial charge >= 0.3 is 6.18 Å². The summed E-state index contributed by atoms with van der Waals surface area (Å²) in [7, 11) is 4.04. The summed E-state index contributed by atoms with van der Waals surface area (Å²) in [4.78, 5) is 30.7. The largest absolute Gasteiger partial charge is 0.417 e. The molecule has 1 amide bonds. The van der Waals surface area contributed by atoms with E-state index in [0.29, 0.717) is 30.3 Å². The number of amides is 1. The fraction of sp³-hybridized carbons (Fsp3) is 0.452. The van der Waals surface area contributed by atoms with Gasteiger partial charge in [0.1, 0.15) is 11.6 Å². The van der Waals surface area contributed by atoms with Crippen LogP contribution in [-0.2, 0) is 6.18 Å². The van der Waals surface area contributed by atoms with Crippen LogP contribution in [0.15, 0.2) is 42.7 Å². The second kappa shape index (κ2) is 12.6. The standard InChI is InChI=1S/C31H36F5N7O/c1-19-17-43(18-20(2)41(19)4)28-14-26(33)24(21-15-37-30(38-16-21)42-9-5-8-40(3)10-11-42)13-27(28)39-29(44)23-7-6-22(32)12-25(23)31(34,35)36/h6-7,12-16,19-20H,5,8-11,17-18H2,1-4H3,(H,39,44)/t19-,20+. The van der Waals surface area contributed by atoms with Gasteiger partial charge in [0.2, 0.25) is 5.95 Å². The number of anilines is 3. The molecule has 3 aromatic rings. The highest BCUT2D eigenvalue weighted by molar-refractivity contribution is 6.07. The number of halogens is 5. The summed E-state index contributed by atoms with van der Waals surface area (Å²) in [6, 6.07) is 4.72. The Labute approximate surface area is 253 Å². The van der Waals surface area contributed by atoms with Gasteiger partial charge in [-0.25, -0.2) is 18.7 Å². The van der Waals surface area contributed by atoms with Crippen molar-refractivity contribution in [1.29, 1.82) is 0 Å². The third kappa shape index (κ3) is 6.78. The highest BCUT2D eigenvalue weighted by Crippen LogP contribution is 2.37. The van der Waals surface area contributed by atoms with E-state index in [9.17, 15) is 22.4 Å². The van der Waals surface area contributed by atoms with Crippen molar-refractivity contribution in [3.05, 3.63) is 65.5 Å². The number of carbonyl (C=O) groups excluding carboxylic acids is 1. The lowest BCUT2D eigenvalue weighted by molar-refractivity contribution is -0.138. The number of aromatic nitrogens is 2. The number of piperazine rings is 1. The van der Waals surface area contributed by atoms with Gasteiger partial charge in [0.25, 0.3) is 5.91 Å². The number of hydrogen-bond acceptors (Lipinski definition) is 7. The molecule has 2 fully saturated rings. The zero-order chi connectivity index (χ0) is 31.8. The molecule has 2 aliphatic rings. The Bertz CT molecular complexity index is 1490. The van der Waals surface area contributed by atoms with Crippen molar-refractivity contribution in [2.45, 2.75) is 38.5 Å². The molecule has 3 heterocycles. The summed E-state index contributed by atoms with van der Waals surface area (Å²) in [5.74, 6) is -2.28. The van der Waals surface area contributed by atoms with Crippen LogP contribution in [0.25, 0.3) is 11.1 Å². The topological polar surface area (TPSA) is 67.8 Å². The Morgan fingerprint density at radius 1 is 0.909 bits per heavy atom. The highest BCUT2D eigenvalue weighted by Gasteiger charge is 2.36. The van der Waals surface area contributed by atoms with Gasteiger partial charge in [-0.3, -0.25) is 9.69 Å². The van der Waals surface area contributed by atoms with E-state index in [1.54, 1.807) is 0 Å². The van der Waals surface area contributed by atoms with E-state index in [-0.39, 0.29) is 29.4 Å². The number of carbonyl (C=O) groups is 1. The van der Waals surface area contributed by atoms with Crippen molar-refractivity contribution in [3.63, 3.8) is 0 Å². The number of alkyl halides is 3. The average molecular weight is 618 g/mol. The molecule has 2 aliphatic heterocycles. The van der Waals surface area contributed by atoms with Crippen molar-refractivity contribution >= 4 is 23.2 Å². The predicted molar refractivity (Wildman–Crippen MR) is 160 cm³/mol. The molecule has 13 heteroatoms. The molecule has 0 saturated carbocycles. The smallest absolute Gasteiger partial charge is 0.367 e. The molecule has 8 nitrogen and oxygen atoms in total. The van der Waals surface area contributed by atoms with E-state index in [0.717, 1.165) is 44.7 Å². The van der Waals surface area contributed by atoms with Crippen LogP contribution in [0.2, 0.25) is 0 Å². The lowest BCUT2D eigenvalue weighted by Crippen LogP contribution is -2.55. The molecule has 236 valence electrons. The van der Waals surface area contributed by atoms with Crippen LogP contribution >= 0.6 is 0 Å². The molecular weight excluding hydrogens is 581 g/mol. The van der Waals surface area contributed by atoms with E-state index < -0.39 is 34.8 Å². The molecule has 2 saturated heterocycles. The minimum Gasteiger partial charge on any atom is -0.367 e. The fourth-order valence-corrected chi connectivity index (χ4v) is 5.76. The first-order valence-electron chi connectivity index (χ1n) is 14.6. The zero-order valence-corrected chi connectivity index (χ0v) is 25.1. The highest BCUT2D eigenvalue weighted by atomic mass is 19.4. The van der Waals surface area contributed by atoms with E-state index in [2.05, 4.69) is 37.0 Å². The van der Waals surface area contributed by atoms with Crippen LogP contribution in [0.5, 0.6) is 0 Å². The maximum absolute atomic E-state index is 15.8. The first-order valence-corrected chi connectivity index (χ1v) is 14.6. The average Bonchev–Trinajstić information content (AvgIpc) is 3.20. The number of nitrogens with zero attached hydrogens (tertiary/aromatic N) is 6. The van der Waals surface area contributed by atoms with Gasteiger partial charge in [0, 0.05) is 68.3 Å². The van der Waals surface area contributed by atoms with Crippen LogP contribution in [0, 0.1) is 11.6 Å². The minimum absolute atomic E-state index is 0.0802. The minimum atomic E-state index is -4.96. The molecule has 0 radical (unpaired) electrons. The van der Waals surface area contributed by atoms with Crippen molar-refractivity contribution < 1.29 is 26.7 Å². The van der Waals surface area contributed by atoms with Crippen molar-refractivity contribution in [2.75, 3.05) is 68.5 Å². The normalized spacial score (nSPS) is 20.5. The van der Waals surface area contributed by atoms with Gasteiger partial charge in [-0.15, -0.1) is 0 Å². The van der Waals surface area contributed by atoms with E-state index >= 15 is 4.39 Å². The zero-order valence-electron chi connectivity index (χ0n) is 25.1. The molecule has 2 atom stereocenters. The van der Waals surface area contributed by atoms with Crippen molar-refractivity contribution in [2.24, 2.45) is 0 Å². The Kier molecular flexibility index (Phi) is 9.07. The van der Waals surface area contributed by atoms with Crippen LogP contribution in [0.4, 0.5) is 39.3 Å². The van der Waals surface area contributed by atoms with Gasteiger partial charge in [-0.05, 0) is 71.2 Å². The number of benzene rings is 2. The maximum Gasteiger partial charge on any atom is 0.417 e. The molecule has 1 aromatic heterocycles. The van der Waals surface area contributed by atoms with Crippen molar-refractivity contribution in [1.82, 2.24) is 19.8 Å². The van der Waals surface area contributed by atoms with Crippen LogP contribution in [-0.4, -0.2) is 91.1 Å². The summed E-state index contributed by atoms with van der Waals surface area (Å²) in [5, 5.41) is 2.57. The Balaban J connectivity index is 1.52. The summed E-state index contributed by atoms with van der Waals surface area (Å²) in [6.45, 7) is 8.38. The fourth-order valence-electron chi connectivity index (χ4n) is 5.76. The van der Waals surface area contributed by atoms with Gasteiger partial charge in [0.15, 0.2) is 0 Å². The number of likely N-dealkylation sites (N-methyl/N-ethyl adjacent to an activating group) is 2. The van der Waals surface area contributed by atoms with E-state index in [1.165, 1.54) is 24.5 Å². The van der Waals surface area contributed by atoms with Gasteiger partial charge in [-0.1, -0.05) is 0 Å². The van der Waals surface area contributed by atoms with Gasteiger partial charge in [-0.2, -0.15) is 13.2 Å². The Hall–Kier alpha value is -3.84. The maximum atomic E-state index is 15.8. The summed E-state index contributed by atoms with van der Waals surface area (Å²) in [5.41, 5.74) is -1.27. The summed E-state index contributed by atoms with van der Waals surface area (Å²) >= 11 is 0. The summed E-state index contributed by atoms with van der Waals surface area (Å²) < 4.78 is 70.8. The summed E-state index contributed by atoms with van der Waals surface area (Å²) in [6.07, 6.45) is -1.01. The lowest BCUT2D eigenvalue weighted by Gasteiger charge is -2.44. The van der Waals surface area contributed by atoms with Crippen LogP contribution in [0.3, 0.4) is 0 Å². The molecule has 5 rings (SSSR count). The predicted octanol–water partition coefficient (Wildman–Crippen LogP) is 5.36. The van der Waals surface area contributed by atoms with Crippen LogP contribution in [0.1, 0.15) is 36.2 Å². The number of rotatable bonds is 5. The third-order valence-corrected chi connectivity index (χ3v) is 8.52. The molecule has 0 bridgehead atoms. The lowest BCUT2D eigenvalue weighted by atomic mass is 10.0. The molecule has 0 spiro atoms. The first kappa shape index (κ1) is 31.6. The Morgan fingerprint density at radius 3 is 2.25 bits per heavy atom. The van der Waals surface area contributed by atoms with Gasteiger partial charge < -0.3 is 20.0 Å². The van der Waals surface area contributed by atoms with E-state index in [4.69, 9.17) is 0 Å². The second-order valence-electron chi connectivity index (χ2n) is 11.7. The van der Waals surface area contributed by atoms with Gasteiger partial charge in [0.05, 0.1) is 22.5 Å². The molecule has 44 heavy (non-hydrogen) atoms. The first-order chi connectivity index (χ1) is 20.8. The monoisotopic (exact) mass is 617 g/mol. The van der Waals surface area contributed by atoms with E-state index in [1.807, 2.05) is 25.8 Å². The Morgan fingerprint density at radius 2 is 1.59 bits per heavy atom. The third-order valence-electron chi connectivity index (χ3n) is 8.52. The number of hydrogen-bond donors (Lipinski definition) is 1. The molecule has 1 N–H and O–H groups in total. The molecule has 2 aromatic carbocycles. The molecule has 0 aliphatic carbocycles. The quantitative estimate of drug-likeness (QED) is 0.387. The second-order valence-corrected chi connectivity index (χ2v) is 11.7.